The molecule has 0 bridgehead atoms. The molecule has 4 rings (SSSR count). The molecular formula is C20H18N6O2. The fraction of sp³-hybridized carbons (Fsp3) is 0.200. The quantitative estimate of drug-likeness (QED) is 0.585. The second-order valence-corrected chi connectivity index (χ2v) is 6.48. The molecule has 0 unspecified atom stereocenters. The van der Waals surface area contributed by atoms with Crippen LogP contribution in [0.4, 0.5) is 0 Å². The highest BCUT2D eigenvalue weighted by atomic mass is 16.5. The number of amides is 1. The van der Waals surface area contributed by atoms with Gasteiger partial charge in [0, 0.05) is 23.5 Å². The van der Waals surface area contributed by atoms with Gasteiger partial charge in [0.15, 0.2) is 0 Å². The normalized spacial score (nSPS) is 11.0. The van der Waals surface area contributed by atoms with Crippen molar-refractivity contribution in [1.29, 1.82) is 0 Å². The number of carbonyl (C=O) groups excluding carboxylic acids is 1. The zero-order chi connectivity index (χ0) is 19.7. The Morgan fingerprint density at radius 3 is 2.64 bits per heavy atom. The molecule has 0 radical (unpaired) electrons. The third-order valence-electron chi connectivity index (χ3n) is 4.49. The fourth-order valence-electron chi connectivity index (χ4n) is 2.96. The lowest BCUT2D eigenvalue weighted by Crippen LogP contribution is -2.24. The Kier molecular flexibility index (Phi) is 4.52. The lowest BCUT2D eigenvalue weighted by molar-refractivity contribution is 0.0947. The highest BCUT2D eigenvalue weighted by Gasteiger charge is 2.18. The van der Waals surface area contributed by atoms with Gasteiger partial charge in [-0.25, -0.2) is 9.97 Å². The molecule has 4 aromatic rings. The Morgan fingerprint density at radius 1 is 1.07 bits per heavy atom. The Hall–Kier alpha value is -3.68. The molecule has 0 saturated carbocycles. The van der Waals surface area contributed by atoms with E-state index in [1.165, 1.54) is 0 Å². The minimum atomic E-state index is -0.214. The standard InChI is InChI=1S/C20H18N6O2/c1-11-5-6-15-14(9-11)17(12(2)13(3)24-15)20(27)23-10-16-25-19(26-28-16)18-21-7-4-8-22-18/h4-9H,10H2,1-3H3,(H,23,27). The smallest absolute Gasteiger partial charge is 0.252 e. The van der Waals surface area contributed by atoms with Crippen molar-refractivity contribution in [3.05, 3.63) is 64.9 Å². The van der Waals surface area contributed by atoms with Gasteiger partial charge in [-0.3, -0.25) is 9.78 Å². The molecule has 1 N–H and O–H groups in total. The van der Waals surface area contributed by atoms with E-state index in [-0.39, 0.29) is 24.2 Å². The number of benzene rings is 1. The molecule has 0 aliphatic heterocycles. The summed E-state index contributed by atoms with van der Waals surface area (Å²) < 4.78 is 5.20. The first-order chi connectivity index (χ1) is 13.5. The van der Waals surface area contributed by atoms with Crippen LogP contribution in [0.1, 0.15) is 33.1 Å². The Labute approximate surface area is 161 Å². The topological polar surface area (TPSA) is 107 Å². The van der Waals surface area contributed by atoms with Crippen LogP contribution in [0.5, 0.6) is 0 Å². The van der Waals surface area contributed by atoms with Gasteiger partial charge < -0.3 is 9.84 Å². The van der Waals surface area contributed by atoms with E-state index in [1.54, 1.807) is 18.5 Å². The maximum absolute atomic E-state index is 12.9. The molecule has 0 atom stereocenters. The van der Waals surface area contributed by atoms with E-state index in [2.05, 4.69) is 30.4 Å². The minimum absolute atomic E-state index is 0.104. The zero-order valence-electron chi connectivity index (χ0n) is 15.7. The SMILES string of the molecule is Cc1ccc2nc(C)c(C)c(C(=O)NCc3nc(-c4ncccn4)no3)c2c1. The number of nitrogens with zero attached hydrogens (tertiary/aromatic N) is 5. The molecule has 0 spiro atoms. The summed E-state index contributed by atoms with van der Waals surface area (Å²) in [7, 11) is 0. The molecule has 140 valence electrons. The van der Waals surface area contributed by atoms with Crippen molar-refractivity contribution in [3.63, 3.8) is 0 Å². The predicted octanol–water partition coefficient (Wildman–Crippen LogP) is 2.93. The minimum Gasteiger partial charge on any atom is -0.343 e. The van der Waals surface area contributed by atoms with Crippen molar-refractivity contribution in [2.75, 3.05) is 0 Å². The molecule has 0 aliphatic rings. The summed E-state index contributed by atoms with van der Waals surface area (Å²) in [5.41, 5.74) is 4.14. The highest BCUT2D eigenvalue weighted by molar-refractivity contribution is 6.07. The molecule has 1 amide bonds. The second-order valence-electron chi connectivity index (χ2n) is 6.48. The van der Waals surface area contributed by atoms with Crippen molar-refractivity contribution < 1.29 is 9.32 Å². The van der Waals surface area contributed by atoms with Crippen LogP contribution in [0.3, 0.4) is 0 Å². The van der Waals surface area contributed by atoms with Crippen molar-refractivity contribution >= 4 is 16.8 Å². The van der Waals surface area contributed by atoms with Gasteiger partial charge in [-0.2, -0.15) is 4.98 Å². The lowest BCUT2D eigenvalue weighted by Gasteiger charge is -2.12. The Bertz CT molecular complexity index is 1170. The monoisotopic (exact) mass is 374 g/mol. The third-order valence-corrected chi connectivity index (χ3v) is 4.49. The molecule has 0 aliphatic carbocycles. The average Bonchev–Trinajstić information content (AvgIpc) is 3.17. The maximum Gasteiger partial charge on any atom is 0.252 e. The van der Waals surface area contributed by atoms with Crippen LogP contribution >= 0.6 is 0 Å². The molecule has 8 heteroatoms. The first-order valence-corrected chi connectivity index (χ1v) is 8.78. The molecule has 8 nitrogen and oxygen atoms in total. The highest BCUT2D eigenvalue weighted by Crippen LogP contribution is 2.24. The Morgan fingerprint density at radius 2 is 1.86 bits per heavy atom. The number of aromatic nitrogens is 5. The lowest BCUT2D eigenvalue weighted by atomic mass is 9.99. The van der Waals surface area contributed by atoms with Gasteiger partial charge >= 0.3 is 0 Å². The predicted molar refractivity (Wildman–Crippen MR) is 102 cm³/mol. The summed E-state index contributed by atoms with van der Waals surface area (Å²) in [6, 6.07) is 7.59. The van der Waals surface area contributed by atoms with Crippen molar-refractivity contribution in [1.82, 2.24) is 30.4 Å². The molecular weight excluding hydrogens is 356 g/mol. The van der Waals surface area contributed by atoms with Crippen LogP contribution < -0.4 is 5.32 Å². The maximum atomic E-state index is 12.9. The average molecular weight is 374 g/mol. The number of carbonyl (C=O) groups is 1. The van der Waals surface area contributed by atoms with E-state index in [4.69, 9.17) is 4.52 Å². The van der Waals surface area contributed by atoms with E-state index in [0.717, 1.165) is 27.7 Å². The van der Waals surface area contributed by atoms with E-state index in [9.17, 15) is 4.79 Å². The number of nitrogens with one attached hydrogen (secondary N) is 1. The summed E-state index contributed by atoms with van der Waals surface area (Å²) >= 11 is 0. The van der Waals surface area contributed by atoms with Crippen LogP contribution in [0.2, 0.25) is 0 Å². The molecule has 3 aromatic heterocycles. The van der Waals surface area contributed by atoms with Crippen LogP contribution in [0.15, 0.2) is 41.2 Å². The summed E-state index contributed by atoms with van der Waals surface area (Å²) in [6.45, 7) is 5.89. The van der Waals surface area contributed by atoms with E-state index >= 15 is 0 Å². The molecule has 28 heavy (non-hydrogen) atoms. The molecule has 1 aromatic carbocycles. The first kappa shape index (κ1) is 17.7. The van der Waals surface area contributed by atoms with Gasteiger partial charge in [-0.1, -0.05) is 16.8 Å². The van der Waals surface area contributed by atoms with Crippen LogP contribution in [-0.2, 0) is 6.54 Å². The van der Waals surface area contributed by atoms with Crippen molar-refractivity contribution in [3.8, 4) is 11.6 Å². The van der Waals surface area contributed by atoms with Gasteiger partial charge in [-0.15, -0.1) is 0 Å². The van der Waals surface area contributed by atoms with Gasteiger partial charge in [0.25, 0.3) is 5.91 Å². The largest absolute Gasteiger partial charge is 0.343 e. The zero-order valence-corrected chi connectivity index (χ0v) is 15.7. The summed E-state index contributed by atoms with van der Waals surface area (Å²) in [5.74, 6) is 0.710. The Balaban J connectivity index is 1.59. The molecule has 3 heterocycles. The number of pyridine rings is 1. The fourth-order valence-corrected chi connectivity index (χ4v) is 2.96. The van der Waals surface area contributed by atoms with E-state index < -0.39 is 0 Å². The van der Waals surface area contributed by atoms with Crippen LogP contribution in [-0.4, -0.2) is 31.0 Å². The van der Waals surface area contributed by atoms with E-state index in [1.807, 2.05) is 39.0 Å². The third kappa shape index (κ3) is 3.32. The summed E-state index contributed by atoms with van der Waals surface area (Å²) in [6.07, 6.45) is 3.20. The van der Waals surface area contributed by atoms with Crippen molar-refractivity contribution in [2.24, 2.45) is 0 Å². The van der Waals surface area contributed by atoms with Gasteiger partial charge in [0.1, 0.15) is 0 Å². The van der Waals surface area contributed by atoms with Crippen molar-refractivity contribution in [2.45, 2.75) is 27.3 Å². The van der Waals surface area contributed by atoms with Gasteiger partial charge in [0.2, 0.25) is 17.5 Å². The number of aryl methyl sites for hydroxylation is 2. The van der Waals surface area contributed by atoms with E-state index in [0.29, 0.717) is 11.4 Å². The van der Waals surface area contributed by atoms with Crippen LogP contribution in [0.25, 0.3) is 22.6 Å². The summed E-state index contributed by atoms with van der Waals surface area (Å²) in [5, 5.41) is 7.54. The van der Waals surface area contributed by atoms with Gasteiger partial charge in [-0.05, 0) is 44.5 Å². The van der Waals surface area contributed by atoms with Gasteiger partial charge in [0.05, 0.1) is 17.6 Å². The second kappa shape index (κ2) is 7.15. The summed E-state index contributed by atoms with van der Waals surface area (Å²) in [4.78, 5) is 29.9. The first-order valence-electron chi connectivity index (χ1n) is 8.78. The molecule has 0 saturated heterocycles. The number of hydrogen-bond acceptors (Lipinski definition) is 7. The number of rotatable bonds is 4. The number of hydrogen-bond donors (Lipinski definition) is 1. The number of fused-ring (bicyclic) bond motifs is 1. The van der Waals surface area contributed by atoms with Crippen LogP contribution in [0, 0.1) is 20.8 Å². The molecule has 0 fully saturated rings.